The van der Waals surface area contributed by atoms with Crippen molar-refractivity contribution in [2.45, 2.75) is 57.8 Å². The fourth-order valence-corrected chi connectivity index (χ4v) is 4.41. The maximum absolute atomic E-state index is 12.2. The topological polar surface area (TPSA) is 17.1 Å². The van der Waals surface area contributed by atoms with Crippen LogP contribution in [0.2, 0.25) is 0 Å². The highest BCUT2D eigenvalue weighted by Gasteiger charge is 2.22. The van der Waals surface area contributed by atoms with Gasteiger partial charge in [0.2, 0.25) is 0 Å². The number of carbonyl (C=O) groups excluding carboxylic acids is 1. The molecule has 0 amide bonds. The minimum absolute atomic E-state index is 0.413. The second-order valence-corrected chi connectivity index (χ2v) is 6.68. The number of aryl methyl sites for hydroxylation is 2. The lowest BCUT2D eigenvalue weighted by Crippen LogP contribution is -2.04. The Morgan fingerprint density at radius 1 is 1.18 bits per heavy atom. The van der Waals surface area contributed by atoms with Crippen molar-refractivity contribution in [1.82, 2.24) is 0 Å². The van der Waals surface area contributed by atoms with Crippen LogP contribution in [-0.2, 0) is 12.8 Å². The minimum atomic E-state index is 0.413. The molecule has 0 saturated heterocycles. The lowest BCUT2D eigenvalue weighted by molar-refractivity contribution is 0.0966. The van der Waals surface area contributed by atoms with Crippen molar-refractivity contribution < 1.29 is 4.79 Å². The zero-order chi connectivity index (χ0) is 11.7. The van der Waals surface area contributed by atoms with Crippen LogP contribution in [0.1, 0.15) is 65.1 Å². The van der Waals surface area contributed by atoms with Crippen LogP contribution >= 0.6 is 11.3 Å². The quantitative estimate of drug-likeness (QED) is 0.725. The summed E-state index contributed by atoms with van der Waals surface area (Å²) in [5.41, 5.74) is 1.47. The summed E-state index contributed by atoms with van der Waals surface area (Å²) in [6.07, 6.45) is 11.0. The Hall–Kier alpha value is -0.630. The first-order chi connectivity index (χ1) is 8.33. The van der Waals surface area contributed by atoms with Gasteiger partial charge in [-0.1, -0.05) is 25.7 Å². The highest BCUT2D eigenvalue weighted by Crippen LogP contribution is 2.33. The summed E-state index contributed by atoms with van der Waals surface area (Å²) in [5.74, 6) is 1.10. The van der Waals surface area contributed by atoms with E-state index in [4.69, 9.17) is 0 Å². The van der Waals surface area contributed by atoms with E-state index in [9.17, 15) is 4.79 Å². The molecule has 2 aliphatic carbocycles. The van der Waals surface area contributed by atoms with E-state index in [1.807, 2.05) is 0 Å². The Labute approximate surface area is 107 Å². The lowest BCUT2D eigenvalue weighted by Gasteiger charge is -2.08. The standard InChI is InChI=1S/C15H20OS/c16-13(9-11-5-1-2-6-11)15-10-12-7-3-4-8-14(12)17-15/h10-11H,1-9H2. The number of carbonyl (C=O) groups is 1. The van der Waals surface area contributed by atoms with Crippen LogP contribution in [0.5, 0.6) is 0 Å². The van der Waals surface area contributed by atoms with Gasteiger partial charge in [0.1, 0.15) is 0 Å². The molecule has 1 aromatic rings. The van der Waals surface area contributed by atoms with Crippen LogP contribution < -0.4 is 0 Å². The Kier molecular flexibility index (Phi) is 3.32. The highest BCUT2D eigenvalue weighted by atomic mass is 32.1. The van der Waals surface area contributed by atoms with Gasteiger partial charge in [0.25, 0.3) is 0 Å². The van der Waals surface area contributed by atoms with Gasteiger partial charge in [0.05, 0.1) is 4.88 Å². The predicted octanol–water partition coefficient (Wildman–Crippen LogP) is 4.39. The number of ketones is 1. The Bertz CT molecular complexity index is 389. The normalized spacial score (nSPS) is 20.5. The zero-order valence-electron chi connectivity index (χ0n) is 10.3. The zero-order valence-corrected chi connectivity index (χ0v) is 11.2. The fourth-order valence-electron chi connectivity index (χ4n) is 3.21. The average Bonchev–Trinajstić information content (AvgIpc) is 2.96. The molecule has 0 radical (unpaired) electrons. The average molecular weight is 248 g/mol. The Morgan fingerprint density at radius 3 is 2.71 bits per heavy atom. The third-order valence-corrected chi connectivity index (χ3v) is 5.50. The van der Waals surface area contributed by atoms with Crippen LogP contribution in [0.15, 0.2) is 6.07 Å². The summed E-state index contributed by atoms with van der Waals surface area (Å²) in [4.78, 5) is 14.8. The van der Waals surface area contributed by atoms with Crippen molar-refractivity contribution in [2.75, 3.05) is 0 Å². The Morgan fingerprint density at radius 2 is 1.94 bits per heavy atom. The molecule has 1 saturated carbocycles. The molecule has 0 aliphatic heterocycles. The number of Topliss-reactive ketones (excluding diaryl/α,β-unsaturated/α-hetero) is 1. The van der Waals surface area contributed by atoms with Crippen molar-refractivity contribution in [1.29, 1.82) is 0 Å². The first kappa shape index (κ1) is 11.5. The SMILES string of the molecule is O=C(CC1CCCC1)c1cc2c(s1)CCCC2. The van der Waals surface area contributed by atoms with Gasteiger partial charge in [-0.3, -0.25) is 4.79 Å². The van der Waals surface area contributed by atoms with E-state index in [0.717, 1.165) is 11.3 Å². The molecule has 2 aliphatic rings. The van der Waals surface area contributed by atoms with Crippen LogP contribution in [-0.4, -0.2) is 5.78 Å². The number of hydrogen-bond acceptors (Lipinski definition) is 2. The third kappa shape index (κ3) is 2.47. The van der Waals surface area contributed by atoms with Crippen LogP contribution in [0.25, 0.3) is 0 Å². The fraction of sp³-hybridized carbons (Fsp3) is 0.667. The van der Waals surface area contributed by atoms with Crippen LogP contribution in [0, 0.1) is 5.92 Å². The number of rotatable bonds is 3. The molecule has 92 valence electrons. The van der Waals surface area contributed by atoms with Gasteiger partial charge in [-0.05, 0) is 43.2 Å². The number of hydrogen-bond donors (Lipinski definition) is 0. The summed E-state index contributed by atoms with van der Waals surface area (Å²) in [7, 11) is 0. The van der Waals surface area contributed by atoms with E-state index in [2.05, 4.69) is 6.07 Å². The second-order valence-electron chi connectivity index (χ2n) is 5.54. The molecule has 2 heteroatoms. The molecular weight excluding hydrogens is 228 g/mol. The van der Waals surface area contributed by atoms with E-state index in [1.165, 1.54) is 61.8 Å². The number of fused-ring (bicyclic) bond motifs is 1. The van der Waals surface area contributed by atoms with E-state index in [0.29, 0.717) is 11.7 Å². The van der Waals surface area contributed by atoms with Crippen LogP contribution in [0.4, 0.5) is 0 Å². The molecule has 1 nitrogen and oxygen atoms in total. The largest absolute Gasteiger partial charge is 0.293 e. The summed E-state index contributed by atoms with van der Waals surface area (Å²) in [6.45, 7) is 0. The maximum atomic E-state index is 12.2. The van der Waals surface area contributed by atoms with Gasteiger partial charge in [0.15, 0.2) is 5.78 Å². The van der Waals surface area contributed by atoms with E-state index in [-0.39, 0.29) is 0 Å². The van der Waals surface area contributed by atoms with Crippen LogP contribution in [0.3, 0.4) is 0 Å². The van der Waals surface area contributed by atoms with Crippen molar-refractivity contribution >= 4 is 17.1 Å². The maximum Gasteiger partial charge on any atom is 0.173 e. The smallest absolute Gasteiger partial charge is 0.173 e. The lowest BCUT2D eigenvalue weighted by atomic mass is 9.97. The van der Waals surface area contributed by atoms with E-state index < -0.39 is 0 Å². The second kappa shape index (κ2) is 4.93. The molecule has 0 N–H and O–H groups in total. The van der Waals surface area contributed by atoms with Gasteiger partial charge < -0.3 is 0 Å². The van der Waals surface area contributed by atoms with Gasteiger partial charge in [0, 0.05) is 11.3 Å². The molecule has 17 heavy (non-hydrogen) atoms. The van der Waals surface area contributed by atoms with Crippen molar-refractivity contribution in [2.24, 2.45) is 5.92 Å². The molecule has 3 rings (SSSR count). The molecule has 0 atom stereocenters. The summed E-state index contributed by atoms with van der Waals surface area (Å²) < 4.78 is 0. The predicted molar refractivity (Wildman–Crippen MR) is 71.9 cm³/mol. The van der Waals surface area contributed by atoms with Crippen molar-refractivity contribution in [3.8, 4) is 0 Å². The first-order valence-corrected chi connectivity index (χ1v) is 7.79. The van der Waals surface area contributed by atoms with Gasteiger partial charge in [-0.25, -0.2) is 0 Å². The molecule has 1 aromatic heterocycles. The van der Waals surface area contributed by atoms with Crippen molar-refractivity contribution in [3.05, 3.63) is 21.4 Å². The van der Waals surface area contributed by atoms with E-state index >= 15 is 0 Å². The summed E-state index contributed by atoms with van der Waals surface area (Å²) in [6, 6.07) is 2.19. The van der Waals surface area contributed by atoms with Gasteiger partial charge in [-0.2, -0.15) is 0 Å². The Balaban J connectivity index is 1.70. The molecular formula is C15H20OS. The summed E-state index contributed by atoms with van der Waals surface area (Å²) >= 11 is 1.78. The van der Waals surface area contributed by atoms with Crippen molar-refractivity contribution in [3.63, 3.8) is 0 Å². The molecule has 1 heterocycles. The molecule has 0 bridgehead atoms. The molecule has 0 aromatic carbocycles. The highest BCUT2D eigenvalue weighted by molar-refractivity contribution is 7.14. The molecule has 1 fully saturated rings. The number of thiophene rings is 1. The first-order valence-electron chi connectivity index (χ1n) is 6.98. The molecule has 0 unspecified atom stereocenters. The minimum Gasteiger partial charge on any atom is -0.293 e. The summed E-state index contributed by atoms with van der Waals surface area (Å²) in [5, 5.41) is 0. The van der Waals surface area contributed by atoms with Gasteiger partial charge >= 0.3 is 0 Å². The monoisotopic (exact) mass is 248 g/mol. The van der Waals surface area contributed by atoms with Gasteiger partial charge in [-0.15, -0.1) is 11.3 Å². The molecule has 0 spiro atoms. The van der Waals surface area contributed by atoms with E-state index in [1.54, 1.807) is 11.3 Å². The third-order valence-electron chi connectivity index (χ3n) is 4.22.